The van der Waals surface area contributed by atoms with E-state index in [-0.39, 0.29) is 24.0 Å². The highest BCUT2D eigenvalue weighted by atomic mass is 127. The summed E-state index contributed by atoms with van der Waals surface area (Å²) < 4.78 is 5.50. The summed E-state index contributed by atoms with van der Waals surface area (Å²) in [5, 5.41) is 6.91. The van der Waals surface area contributed by atoms with Crippen LogP contribution in [0, 0.1) is 5.92 Å². The van der Waals surface area contributed by atoms with Gasteiger partial charge < -0.3 is 20.3 Å². The van der Waals surface area contributed by atoms with Crippen LogP contribution in [0.5, 0.6) is 0 Å². The van der Waals surface area contributed by atoms with Crippen molar-refractivity contribution in [1.29, 1.82) is 0 Å². The van der Waals surface area contributed by atoms with E-state index in [0.29, 0.717) is 12.0 Å². The van der Waals surface area contributed by atoms with Gasteiger partial charge in [-0.25, -0.2) is 0 Å². The molecule has 1 aliphatic rings. The molecule has 0 amide bonds. The lowest BCUT2D eigenvalue weighted by molar-refractivity contribution is 0.00867. The molecule has 6 nitrogen and oxygen atoms in total. The van der Waals surface area contributed by atoms with Crippen molar-refractivity contribution in [2.45, 2.75) is 58.9 Å². The van der Waals surface area contributed by atoms with Gasteiger partial charge in [0.05, 0.1) is 19.8 Å². The molecule has 0 aromatic carbocycles. The third-order valence-corrected chi connectivity index (χ3v) is 5.14. The van der Waals surface area contributed by atoms with E-state index < -0.39 is 0 Å². The number of nitrogens with one attached hydrogen (secondary N) is 2. The number of aliphatic imine (C=N–C) groups is 1. The first-order valence-electron chi connectivity index (χ1n) is 11.0. The van der Waals surface area contributed by atoms with Crippen LogP contribution in [-0.4, -0.2) is 88.4 Å². The van der Waals surface area contributed by atoms with Gasteiger partial charge in [-0.2, -0.15) is 0 Å². The third kappa shape index (κ3) is 13.2. The van der Waals surface area contributed by atoms with Crippen molar-refractivity contribution in [2.75, 3.05) is 66.6 Å². The zero-order valence-electron chi connectivity index (χ0n) is 19.0. The van der Waals surface area contributed by atoms with Gasteiger partial charge in [0.2, 0.25) is 0 Å². The predicted octanol–water partition coefficient (Wildman–Crippen LogP) is 3.03. The molecule has 0 aromatic rings. The van der Waals surface area contributed by atoms with Crippen LogP contribution < -0.4 is 10.6 Å². The number of guanidine groups is 1. The Kier molecular flexibility index (Phi) is 17.6. The molecule has 1 atom stereocenters. The summed E-state index contributed by atoms with van der Waals surface area (Å²) in [5.41, 5.74) is 0. The minimum Gasteiger partial charge on any atom is -0.379 e. The van der Waals surface area contributed by atoms with Gasteiger partial charge in [0.1, 0.15) is 0 Å². The van der Waals surface area contributed by atoms with Crippen molar-refractivity contribution in [3.63, 3.8) is 0 Å². The van der Waals surface area contributed by atoms with E-state index in [1.54, 1.807) is 0 Å². The second-order valence-corrected chi connectivity index (χ2v) is 8.18. The fourth-order valence-electron chi connectivity index (χ4n) is 3.47. The van der Waals surface area contributed by atoms with Crippen LogP contribution in [0.15, 0.2) is 4.99 Å². The van der Waals surface area contributed by atoms with Crippen molar-refractivity contribution in [1.82, 2.24) is 20.4 Å². The van der Waals surface area contributed by atoms with Gasteiger partial charge in [0, 0.05) is 32.2 Å². The third-order valence-electron chi connectivity index (χ3n) is 5.14. The molecule has 0 radical (unpaired) electrons. The van der Waals surface area contributed by atoms with Crippen molar-refractivity contribution in [3.05, 3.63) is 0 Å². The highest BCUT2D eigenvalue weighted by Crippen LogP contribution is 2.13. The number of halogens is 1. The van der Waals surface area contributed by atoms with Gasteiger partial charge in [-0.1, -0.05) is 33.1 Å². The lowest BCUT2D eigenvalue weighted by Crippen LogP contribution is -2.48. The summed E-state index contributed by atoms with van der Waals surface area (Å²) in [6, 6.07) is 0.487. The Hall–Kier alpha value is -0.120. The van der Waals surface area contributed by atoms with E-state index in [1.165, 1.54) is 38.6 Å². The van der Waals surface area contributed by atoms with Crippen molar-refractivity contribution in [2.24, 2.45) is 10.9 Å². The summed E-state index contributed by atoms with van der Waals surface area (Å²) in [6.07, 6.45) is 6.48. The maximum absolute atomic E-state index is 5.50. The lowest BCUT2D eigenvalue weighted by Gasteiger charge is -2.36. The highest BCUT2D eigenvalue weighted by Gasteiger charge is 2.23. The average Bonchev–Trinajstić information content (AvgIpc) is 2.64. The highest BCUT2D eigenvalue weighted by molar-refractivity contribution is 14.0. The number of nitrogens with zero attached hydrogens (tertiary/aromatic N) is 3. The van der Waals surface area contributed by atoms with Gasteiger partial charge >= 0.3 is 0 Å². The SMILES string of the molecule is CCNC(=NCC(C(C)C)N1CCOCC1)NCCCCCCCN(C)C.I. The second-order valence-electron chi connectivity index (χ2n) is 8.18. The number of unbranched alkanes of at least 4 members (excludes halogenated alkanes) is 4. The molecule has 168 valence electrons. The molecule has 1 saturated heterocycles. The molecule has 1 aliphatic heterocycles. The quantitative estimate of drug-likeness (QED) is 0.172. The van der Waals surface area contributed by atoms with Gasteiger partial charge in [0.15, 0.2) is 5.96 Å². The Bertz CT molecular complexity index is 387. The fraction of sp³-hybridized carbons (Fsp3) is 0.952. The van der Waals surface area contributed by atoms with Crippen LogP contribution in [0.2, 0.25) is 0 Å². The molecule has 0 aliphatic carbocycles. The predicted molar refractivity (Wildman–Crippen MR) is 132 cm³/mol. The molecule has 0 bridgehead atoms. The number of rotatable bonds is 13. The first-order chi connectivity index (χ1) is 13.0. The molecule has 0 spiro atoms. The average molecular weight is 512 g/mol. The minimum absolute atomic E-state index is 0. The molecule has 1 unspecified atom stereocenters. The van der Waals surface area contributed by atoms with Gasteiger partial charge in [-0.15, -0.1) is 24.0 Å². The zero-order chi connectivity index (χ0) is 19.9. The Morgan fingerprint density at radius 1 is 1.04 bits per heavy atom. The van der Waals surface area contributed by atoms with Crippen LogP contribution in [0.25, 0.3) is 0 Å². The van der Waals surface area contributed by atoms with Gasteiger partial charge in [0.25, 0.3) is 0 Å². The van der Waals surface area contributed by atoms with Gasteiger partial charge in [-0.3, -0.25) is 9.89 Å². The van der Waals surface area contributed by atoms with Crippen molar-refractivity contribution < 1.29 is 4.74 Å². The Balaban J connectivity index is 0.00000729. The molecule has 1 fully saturated rings. The van der Waals surface area contributed by atoms with E-state index in [0.717, 1.165) is 51.9 Å². The molecular weight excluding hydrogens is 465 g/mol. The molecule has 1 rings (SSSR count). The normalized spacial score (nSPS) is 16.9. The van der Waals surface area contributed by atoms with Crippen LogP contribution in [0.3, 0.4) is 0 Å². The summed E-state index contributed by atoms with van der Waals surface area (Å²) in [4.78, 5) is 9.69. The summed E-state index contributed by atoms with van der Waals surface area (Å²) in [5.74, 6) is 1.56. The fourth-order valence-corrected chi connectivity index (χ4v) is 3.47. The number of hydrogen-bond donors (Lipinski definition) is 2. The van der Waals surface area contributed by atoms with Crippen LogP contribution in [0.4, 0.5) is 0 Å². The smallest absolute Gasteiger partial charge is 0.191 e. The molecule has 0 saturated carbocycles. The number of morpholine rings is 1. The summed E-state index contributed by atoms with van der Waals surface area (Å²) >= 11 is 0. The molecule has 7 heteroatoms. The number of ether oxygens (including phenoxy) is 1. The first-order valence-corrected chi connectivity index (χ1v) is 11.0. The van der Waals surface area contributed by atoms with Crippen molar-refractivity contribution >= 4 is 29.9 Å². The van der Waals surface area contributed by atoms with E-state index >= 15 is 0 Å². The Labute approximate surface area is 191 Å². The van der Waals surface area contributed by atoms with Crippen molar-refractivity contribution in [3.8, 4) is 0 Å². The van der Waals surface area contributed by atoms with E-state index in [2.05, 4.69) is 55.3 Å². The maximum atomic E-state index is 5.50. The zero-order valence-corrected chi connectivity index (χ0v) is 21.3. The molecule has 1 heterocycles. The standard InChI is InChI=1S/C21H45N5O.HI/c1-6-22-21(23-12-10-8-7-9-11-13-25(4)5)24-18-20(19(2)3)26-14-16-27-17-15-26;/h19-20H,6-18H2,1-5H3,(H2,22,23,24);1H. The first kappa shape index (κ1) is 27.9. The molecule has 28 heavy (non-hydrogen) atoms. The Morgan fingerprint density at radius 3 is 2.29 bits per heavy atom. The monoisotopic (exact) mass is 511 g/mol. The minimum atomic E-state index is 0. The summed E-state index contributed by atoms with van der Waals surface area (Å²) in [7, 11) is 4.29. The van der Waals surface area contributed by atoms with Crippen LogP contribution in [0.1, 0.15) is 52.9 Å². The van der Waals surface area contributed by atoms with Gasteiger partial charge in [-0.05, 0) is 46.3 Å². The topological polar surface area (TPSA) is 52.1 Å². The van der Waals surface area contributed by atoms with Crippen LogP contribution >= 0.6 is 24.0 Å². The summed E-state index contributed by atoms with van der Waals surface area (Å²) in [6.45, 7) is 14.4. The lowest BCUT2D eigenvalue weighted by atomic mass is 10.0. The number of hydrogen-bond acceptors (Lipinski definition) is 4. The molecular formula is C21H46IN5O. The van der Waals surface area contributed by atoms with E-state index in [4.69, 9.17) is 9.73 Å². The molecule has 0 aromatic heterocycles. The second kappa shape index (κ2) is 17.7. The van der Waals surface area contributed by atoms with E-state index in [1.807, 2.05) is 0 Å². The Morgan fingerprint density at radius 2 is 1.68 bits per heavy atom. The molecule has 2 N–H and O–H groups in total. The van der Waals surface area contributed by atoms with Crippen LogP contribution in [-0.2, 0) is 4.74 Å². The maximum Gasteiger partial charge on any atom is 0.191 e. The largest absolute Gasteiger partial charge is 0.379 e. The van der Waals surface area contributed by atoms with E-state index in [9.17, 15) is 0 Å².